The molecule has 0 heterocycles. The molecule has 0 spiro atoms. The van der Waals surface area contributed by atoms with Crippen LogP contribution in [0.5, 0.6) is 5.75 Å². The lowest BCUT2D eigenvalue weighted by Crippen LogP contribution is -2.42. The molecule has 0 aliphatic carbocycles. The molecule has 0 aromatic heterocycles. The van der Waals surface area contributed by atoms with Crippen LogP contribution in [0.15, 0.2) is 48.5 Å². The van der Waals surface area contributed by atoms with Crippen LogP contribution in [-0.2, 0) is 11.3 Å². The molecule has 4 nitrogen and oxygen atoms in total. The molecular formula is C20H21ClN2O2. The maximum absolute atomic E-state index is 12.9. The summed E-state index contributed by atoms with van der Waals surface area (Å²) < 4.78 is 5.90. The molecule has 130 valence electrons. The minimum atomic E-state index is -0.660. The van der Waals surface area contributed by atoms with Gasteiger partial charge in [-0.3, -0.25) is 4.79 Å². The maximum atomic E-state index is 12.9. The summed E-state index contributed by atoms with van der Waals surface area (Å²) >= 11 is 5.89. The number of nitriles is 1. The van der Waals surface area contributed by atoms with Crippen molar-refractivity contribution in [3.8, 4) is 11.8 Å². The van der Waals surface area contributed by atoms with Crippen molar-refractivity contribution < 1.29 is 9.53 Å². The molecule has 0 N–H and O–H groups in total. The molecule has 0 saturated heterocycles. The van der Waals surface area contributed by atoms with Gasteiger partial charge in [-0.25, -0.2) is 0 Å². The number of amides is 1. The zero-order chi connectivity index (χ0) is 18.4. The van der Waals surface area contributed by atoms with Crippen molar-refractivity contribution in [2.75, 3.05) is 7.05 Å². The number of likely N-dealkylation sites (N-methyl/N-ethyl adjacent to an activating group) is 1. The quantitative estimate of drug-likeness (QED) is 0.776. The second-order valence-electron chi connectivity index (χ2n) is 6.21. The molecule has 5 heteroatoms. The summed E-state index contributed by atoms with van der Waals surface area (Å²) in [6.45, 7) is 4.31. The Labute approximate surface area is 153 Å². The van der Waals surface area contributed by atoms with Crippen LogP contribution in [0.2, 0.25) is 5.02 Å². The minimum absolute atomic E-state index is 0.0353. The first-order valence-electron chi connectivity index (χ1n) is 8.07. The molecule has 0 bridgehead atoms. The zero-order valence-corrected chi connectivity index (χ0v) is 15.3. The van der Waals surface area contributed by atoms with Gasteiger partial charge in [0, 0.05) is 18.6 Å². The number of benzene rings is 2. The first kappa shape index (κ1) is 18.8. The highest BCUT2D eigenvalue weighted by Gasteiger charge is 2.28. The van der Waals surface area contributed by atoms with E-state index >= 15 is 0 Å². The van der Waals surface area contributed by atoms with Gasteiger partial charge in [0.25, 0.3) is 5.91 Å². The Bertz CT molecular complexity index is 766. The van der Waals surface area contributed by atoms with Crippen molar-refractivity contribution in [1.29, 1.82) is 5.26 Å². The zero-order valence-electron chi connectivity index (χ0n) is 14.6. The summed E-state index contributed by atoms with van der Waals surface area (Å²) in [5.41, 5.74) is 1.40. The maximum Gasteiger partial charge on any atom is 0.263 e. The fourth-order valence-electron chi connectivity index (χ4n) is 2.43. The smallest absolute Gasteiger partial charge is 0.263 e. The molecule has 2 aromatic rings. The number of para-hydroxylation sites is 1. The summed E-state index contributed by atoms with van der Waals surface area (Å²) in [6, 6.07) is 16.4. The highest BCUT2D eigenvalue weighted by molar-refractivity contribution is 6.30. The van der Waals surface area contributed by atoms with Gasteiger partial charge in [-0.1, -0.05) is 49.7 Å². The fourth-order valence-corrected chi connectivity index (χ4v) is 2.56. The van der Waals surface area contributed by atoms with Crippen LogP contribution in [0.4, 0.5) is 0 Å². The van der Waals surface area contributed by atoms with Crippen LogP contribution < -0.4 is 4.74 Å². The molecule has 0 fully saturated rings. The van der Waals surface area contributed by atoms with E-state index in [1.54, 1.807) is 48.3 Å². The van der Waals surface area contributed by atoms with Gasteiger partial charge in [0.15, 0.2) is 6.10 Å². The summed E-state index contributed by atoms with van der Waals surface area (Å²) in [7, 11) is 1.74. The van der Waals surface area contributed by atoms with Crippen molar-refractivity contribution >= 4 is 17.5 Å². The van der Waals surface area contributed by atoms with Crippen LogP contribution in [0.25, 0.3) is 0 Å². The van der Waals surface area contributed by atoms with Crippen molar-refractivity contribution in [3.63, 3.8) is 0 Å². The monoisotopic (exact) mass is 356 g/mol. The Balaban J connectivity index is 2.14. The molecule has 1 unspecified atom stereocenters. The van der Waals surface area contributed by atoms with E-state index in [0.717, 1.165) is 5.56 Å². The molecule has 0 saturated carbocycles. The molecule has 2 aromatic carbocycles. The Hall–Kier alpha value is -2.51. The van der Waals surface area contributed by atoms with Crippen LogP contribution in [-0.4, -0.2) is 24.0 Å². The number of carbonyl (C=O) groups is 1. The molecule has 1 amide bonds. The van der Waals surface area contributed by atoms with Crippen molar-refractivity contribution in [1.82, 2.24) is 4.90 Å². The first-order valence-corrected chi connectivity index (χ1v) is 8.45. The average molecular weight is 357 g/mol. The van der Waals surface area contributed by atoms with Gasteiger partial charge in [0.1, 0.15) is 11.8 Å². The van der Waals surface area contributed by atoms with Gasteiger partial charge in [-0.05, 0) is 35.7 Å². The topological polar surface area (TPSA) is 53.3 Å². The SMILES string of the molecule is CC(C)C(Oc1ccccc1C#N)C(=O)N(C)Cc1ccc(Cl)cc1. The Morgan fingerprint density at radius 1 is 1.20 bits per heavy atom. The lowest BCUT2D eigenvalue weighted by molar-refractivity contribution is -0.139. The number of ether oxygens (including phenoxy) is 1. The van der Waals surface area contributed by atoms with E-state index in [1.807, 2.05) is 26.0 Å². The van der Waals surface area contributed by atoms with Gasteiger partial charge in [-0.2, -0.15) is 5.26 Å². The van der Waals surface area contributed by atoms with Gasteiger partial charge in [-0.15, -0.1) is 0 Å². The van der Waals surface area contributed by atoms with Crippen molar-refractivity contribution in [2.45, 2.75) is 26.5 Å². The summed E-state index contributed by atoms with van der Waals surface area (Å²) in [6.07, 6.45) is -0.660. The minimum Gasteiger partial charge on any atom is -0.479 e. The standard InChI is InChI=1S/C20H21ClN2O2/c1-14(2)19(25-18-7-5-4-6-16(18)12-22)20(24)23(3)13-15-8-10-17(21)11-9-15/h4-11,14,19H,13H2,1-3H3. The van der Waals surface area contributed by atoms with E-state index in [-0.39, 0.29) is 11.8 Å². The van der Waals surface area contributed by atoms with Crippen molar-refractivity contribution in [3.05, 3.63) is 64.7 Å². The van der Waals surface area contributed by atoms with E-state index in [9.17, 15) is 10.1 Å². The fraction of sp³-hybridized carbons (Fsp3) is 0.300. The second-order valence-corrected chi connectivity index (χ2v) is 6.65. The Morgan fingerprint density at radius 2 is 1.84 bits per heavy atom. The third-order valence-electron chi connectivity index (χ3n) is 3.82. The van der Waals surface area contributed by atoms with E-state index < -0.39 is 6.10 Å². The van der Waals surface area contributed by atoms with E-state index in [1.165, 1.54) is 0 Å². The van der Waals surface area contributed by atoms with Gasteiger partial charge < -0.3 is 9.64 Å². The second kappa shape index (κ2) is 8.55. The number of halogens is 1. The molecular weight excluding hydrogens is 336 g/mol. The van der Waals surface area contributed by atoms with E-state index in [0.29, 0.717) is 22.9 Å². The highest BCUT2D eigenvalue weighted by atomic mass is 35.5. The largest absolute Gasteiger partial charge is 0.479 e. The van der Waals surface area contributed by atoms with E-state index in [2.05, 4.69) is 6.07 Å². The third-order valence-corrected chi connectivity index (χ3v) is 4.07. The Morgan fingerprint density at radius 3 is 2.44 bits per heavy atom. The Kier molecular flexibility index (Phi) is 6.44. The van der Waals surface area contributed by atoms with Gasteiger partial charge >= 0.3 is 0 Å². The van der Waals surface area contributed by atoms with Crippen LogP contribution in [0.3, 0.4) is 0 Å². The van der Waals surface area contributed by atoms with Crippen LogP contribution >= 0.6 is 11.6 Å². The lowest BCUT2D eigenvalue weighted by Gasteiger charge is -2.27. The van der Waals surface area contributed by atoms with Crippen LogP contribution in [0, 0.1) is 17.2 Å². The number of rotatable bonds is 6. The number of hydrogen-bond acceptors (Lipinski definition) is 3. The third kappa shape index (κ3) is 4.98. The molecule has 2 rings (SSSR count). The first-order chi connectivity index (χ1) is 11.9. The van der Waals surface area contributed by atoms with Gasteiger partial charge in [0.2, 0.25) is 0 Å². The van der Waals surface area contributed by atoms with Crippen LogP contribution in [0.1, 0.15) is 25.0 Å². The number of nitrogens with zero attached hydrogens (tertiary/aromatic N) is 2. The molecule has 1 atom stereocenters. The number of carbonyl (C=O) groups excluding carboxylic acids is 1. The molecule has 0 aliphatic rings. The summed E-state index contributed by atoms with van der Waals surface area (Å²) in [5.74, 6) is 0.265. The predicted molar refractivity (Wildman–Crippen MR) is 98.3 cm³/mol. The normalized spacial score (nSPS) is 11.7. The molecule has 0 aliphatic heterocycles. The average Bonchev–Trinajstić information content (AvgIpc) is 2.61. The number of hydrogen-bond donors (Lipinski definition) is 0. The van der Waals surface area contributed by atoms with E-state index in [4.69, 9.17) is 16.3 Å². The summed E-state index contributed by atoms with van der Waals surface area (Å²) in [4.78, 5) is 14.5. The molecule has 0 radical (unpaired) electrons. The summed E-state index contributed by atoms with van der Waals surface area (Å²) in [5, 5.41) is 9.86. The van der Waals surface area contributed by atoms with Gasteiger partial charge in [0.05, 0.1) is 5.56 Å². The highest BCUT2D eigenvalue weighted by Crippen LogP contribution is 2.22. The predicted octanol–water partition coefficient (Wildman–Crippen LogP) is 4.27. The lowest BCUT2D eigenvalue weighted by atomic mass is 10.1. The molecule has 25 heavy (non-hydrogen) atoms. The van der Waals surface area contributed by atoms with Crippen molar-refractivity contribution in [2.24, 2.45) is 5.92 Å².